The van der Waals surface area contributed by atoms with Gasteiger partial charge >= 0.3 is 0 Å². The molecule has 1 aromatic carbocycles. The lowest BCUT2D eigenvalue weighted by molar-refractivity contribution is -0.121. The minimum atomic E-state index is -0.250. The Morgan fingerprint density at radius 3 is 2.92 bits per heavy atom. The second kappa shape index (κ2) is 7.04. The third kappa shape index (κ3) is 3.84. The van der Waals surface area contributed by atoms with Gasteiger partial charge in [0.2, 0.25) is 5.91 Å². The zero-order valence-electron chi connectivity index (χ0n) is 13.7. The van der Waals surface area contributed by atoms with Crippen molar-refractivity contribution in [3.05, 3.63) is 65.7 Å². The van der Waals surface area contributed by atoms with Crippen LogP contribution in [0.25, 0.3) is 11.4 Å². The zero-order chi connectivity index (χ0) is 16.9. The molecule has 1 amide bonds. The van der Waals surface area contributed by atoms with Crippen molar-refractivity contribution in [1.82, 2.24) is 25.5 Å². The van der Waals surface area contributed by atoms with Crippen LogP contribution in [0.3, 0.4) is 0 Å². The van der Waals surface area contributed by atoms with E-state index in [9.17, 15) is 4.79 Å². The van der Waals surface area contributed by atoms with E-state index in [2.05, 4.69) is 25.5 Å². The first kappa shape index (κ1) is 15.9. The van der Waals surface area contributed by atoms with E-state index >= 15 is 0 Å². The van der Waals surface area contributed by atoms with E-state index in [-0.39, 0.29) is 11.9 Å². The van der Waals surface area contributed by atoms with Gasteiger partial charge in [0.25, 0.3) is 0 Å². The number of aromatic nitrogens is 4. The van der Waals surface area contributed by atoms with Crippen molar-refractivity contribution in [3.63, 3.8) is 0 Å². The van der Waals surface area contributed by atoms with Crippen LogP contribution < -0.4 is 5.32 Å². The molecule has 0 saturated carbocycles. The Kier molecular flexibility index (Phi) is 4.65. The first-order valence-corrected chi connectivity index (χ1v) is 7.79. The molecule has 6 heteroatoms. The number of benzene rings is 1. The van der Waals surface area contributed by atoms with Crippen molar-refractivity contribution in [2.45, 2.75) is 26.3 Å². The number of nitrogens with one attached hydrogen (secondary N) is 2. The van der Waals surface area contributed by atoms with E-state index in [1.165, 1.54) is 0 Å². The summed E-state index contributed by atoms with van der Waals surface area (Å²) in [7, 11) is 0. The summed E-state index contributed by atoms with van der Waals surface area (Å²) in [4.78, 5) is 20.7. The molecule has 0 fully saturated rings. The Bertz CT molecular complexity index is 828. The molecule has 122 valence electrons. The monoisotopic (exact) mass is 321 g/mol. The maximum Gasteiger partial charge on any atom is 0.224 e. The highest BCUT2D eigenvalue weighted by Crippen LogP contribution is 2.15. The second-order valence-corrected chi connectivity index (χ2v) is 5.74. The van der Waals surface area contributed by atoms with Gasteiger partial charge in [-0.3, -0.25) is 14.9 Å². The summed E-state index contributed by atoms with van der Waals surface area (Å²) in [6.07, 6.45) is 3.74. The van der Waals surface area contributed by atoms with Gasteiger partial charge in [-0.2, -0.15) is 5.10 Å². The molecule has 2 N–H and O–H groups in total. The number of hydrogen-bond donors (Lipinski definition) is 2. The van der Waals surface area contributed by atoms with Gasteiger partial charge in [0, 0.05) is 18.0 Å². The van der Waals surface area contributed by atoms with E-state index in [1.54, 1.807) is 12.4 Å². The van der Waals surface area contributed by atoms with Crippen molar-refractivity contribution in [1.29, 1.82) is 0 Å². The quantitative estimate of drug-likeness (QED) is 0.756. The number of rotatable bonds is 5. The molecule has 24 heavy (non-hydrogen) atoms. The normalized spacial score (nSPS) is 11.9. The summed E-state index contributed by atoms with van der Waals surface area (Å²) in [5, 5.41) is 10.0. The zero-order valence-corrected chi connectivity index (χ0v) is 13.7. The third-order valence-corrected chi connectivity index (χ3v) is 3.66. The number of aryl methyl sites for hydroxylation is 1. The molecule has 0 unspecified atom stereocenters. The Morgan fingerprint density at radius 2 is 2.17 bits per heavy atom. The van der Waals surface area contributed by atoms with E-state index in [4.69, 9.17) is 0 Å². The SMILES string of the molecule is Cc1cccc(CC(=O)N[C@H](C)c2nc(-c3cccnc3)n[nH]2)c1. The van der Waals surface area contributed by atoms with Crippen LogP contribution in [0.1, 0.15) is 29.9 Å². The average Bonchev–Trinajstić information content (AvgIpc) is 3.05. The van der Waals surface area contributed by atoms with Gasteiger partial charge < -0.3 is 5.32 Å². The molecule has 1 atom stereocenters. The number of amides is 1. The van der Waals surface area contributed by atoms with Crippen molar-refractivity contribution in [2.24, 2.45) is 0 Å². The first-order chi connectivity index (χ1) is 11.6. The molecule has 0 bridgehead atoms. The predicted molar refractivity (Wildman–Crippen MR) is 91.1 cm³/mol. The van der Waals surface area contributed by atoms with Crippen molar-refractivity contribution < 1.29 is 4.79 Å². The number of aromatic amines is 1. The third-order valence-electron chi connectivity index (χ3n) is 3.66. The molecule has 2 heterocycles. The number of H-pyrrole nitrogens is 1. The molecule has 3 rings (SSSR count). The van der Waals surface area contributed by atoms with Crippen LogP contribution in [0, 0.1) is 6.92 Å². The van der Waals surface area contributed by atoms with Crippen molar-refractivity contribution in [2.75, 3.05) is 0 Å². The topological polar surface area (TPSA) is 83.6 Å². The highest BCUT2D eigenvalue weighted by molar-refractivity contribution is 5.78. The van der Waals surface area contributed by atoms with Crippen LogP contribution in [0.5, 0.6) is 0 Å². The van der Waals surface area contributed by atoms with Crippen LogP contribution >= 0.6 is 0 Å². The summed E-state index contributed by atoms with van der Waals surface area (Å²) < 4.78 is 0. The Balaban J connectivity index is 1.63. The van der Waals surface area contributed by atoms with Crippen molar-refractivity contribution in [3.8, 4) is 11.4 Å². The predicted octanol–water partition coefficient (Wildman–Crippen LogP) is 2.60. The fourth-order valence-electron chi connectivity index (χ4n) is 2.46. The maximum absolute atomic E-state index is 12.2. The number of carbonyl (C=O) groups excluding carboxylic acids is 1. The molecular weight excluding hydrogens is 302 g/mol. The summed E-state index contributed by atoms with van der Waals surface area (Å²) in [5.74, 6) is 1.14. The Labute approximate surface area is 140 Å². The summed E-state index contributed by atoms with van der Waals surface area (Å²) in [6.45, 7) is 3.89. The fourth-order valence-corrected chi connectivity index (χ4v) is 2.46. The number of pyridine rings is 1. The lowest BCUT2D eigenvalue weighted by Gasteiger charge is -2.11. The van der Waals surface area contributed by atoms with E-state index in [1.807, 2.05) is 50.2 Å². The van der Waals surface area contributed by atoms with Gasteiger partial charge in [0.1, 0.15) is 5.82 Å². The molecule has 2 aromatic heterocycles. The summed E-state index contributed by atoms with van der Waals surface area (Å²) in [5.41, 5.74) is 2.97. The molecule has 0 saturated heterocycles. The Morgan fingerprint density at radius 1 is 1.29 bits per heavy atom. The molecule has 0 aliphatic heterocycles. The van der Waals surface area contributed by atoms with Crippen LogP contribution in [-0.4, -0.2) is 26.1 Å². The first-order valence-electron chi connectivity index (χ1n) is 7.79. The number of nitrogens with zero attached hydrogens (tertiary/aromatic N) is 3. The standard InChI is InChI=1S/C18H19N5O/c1-12-5-3-6-14(9-12)10-16(24)20-13(2)17-21-18(23-22-17)15-7-4-8-19-11-15/h3-9,11,13H,10H2,1-2H3,(H,20,24)(H,21,22,23)/t13-/m1/s1. The molecular formula is C18H19N5O. The number of hydrogen-bond acceptors (Lipinski definition) is 4. The smallest absolute Gasteiger partial charge is 0.224 e. The minimum absolute atomic E-state index is 0.0487. The van der Waals surface area contributed by atoms with Gasteiger partial charge in [-0.1, -0.05) is 29.8 Å². The van der Waals surface area contributed by atoms with E-state index < -0.39 is 0 Å². The second-order valence-electron chi connectivity index (χ2n) is 5.74. The molecule has 6 nitrogen and oxygen atoms in total. The molecule has 0 aliphatic rings. The van der Waals surface area contributed by atoms with Crippen LogP contribution in [-0.2, 0) is 11.2 Å². The Hall–Kier alpha value is -3.02. The van der Waals surface area contributed by atoms with Gasteiger partial charge in [-0.05, 0) is 31.5 Å². The van der Waals surface area contributed by atoms with Gasteiger partial charge in [-0.15, -0.1) is 0 Å². The minimum Gasteiger partial charge on any atom is -0.346 e. The highest BCUT2D eigenvalue weighted by Gasteiger charge is 2.15. The van der Waals surface area contributed by atoms with E-state index in [0.29, 0.717) is 18.1 Å². The van der Waals surface area contributed by atoms with Gasteiger partial charge in [0.05, 0.1) is 12.5 Å². The van der Waals surface area contributed by atoms with E-state index in [0.717, 1.165) is 16.7 Å². The van der Waals surface area contributed by atoms with Crippen LogP contribution in [0.4, 0.5) is 0 Å². The largest absolute Gasteiger partial charge is 0.346 e. The van der Waals surface area contributed by atoms with Crippen molar-refractivity contribution >= 4 is 5.91 Å². The van der Waals surface area contributed by atoms with Crippen LogP contribution in [0.2, 0.25) is 0 Å². The van der Waals surface area contributed by atoms with Gasteiger partial charge in [0.15, 0.2) is 5.82 Å². The molecule has 0 spiro atoms. The highest BCUT2D eigenvalue weighted by atomic mass is 16.1. The number of carbonyl (C=O) groups is 1. The maximum atomic E-state index is 12.2. The molecule has 0 radical (unpaired) electrons. The summed E-state index contributed by atoms with van der Waals surface area (Å²) in [6, 6.07) is 11.4. The fraction of sp³-hybridized carbons (Fsp3) is 0.222. The molecule has 3 aromatic rings. The summed E-state index contributed by atoms with van der Waals surface area (Å²) >= 11 is 0. The lowest BCUT2D eigenvalue weighted by atomic mass is 10.1. The molecule has 0 aliphatic carbocycles. The lowest BCUT2D eigenvalue weighted by Crippen LogP contribution is -2.28. The van der Waals surface area contributed by atoms with Crippen LogP contribution in [0.15, 0.2) is 48.8 Å². The average molecular weight is 321 g/mol. The van der Waals surface area contributed by atoms with Gasteiger partial charge in [-0.25, -0.2) is 4.98 Å².